The van der Waals surface area contributed by atoms with Crippen molar-refractivity contribution in [2.45, 2.75) is 6.18 Å². The minimum absolute atomic E-state index is 0.0719. The Balaban J connectivity index is 1.87. The topological polar surface area (TPSA) is 112 Å². The number of nitro groups is 1. The fraction of sp³-hybridized carbons (Fsp3) is 0.143. The van der Waals surface area contributed by atoms with Crippen LogP contribution in [0.1, 0.15) is 16.1 Å². The third-order valence-electron chi connectivity index (χ3n) is 2.80. The minimum atomic E-state index is -4.50. The van der Waals surface area contributed by atoms with Crippen LogP contribution in [0.3, 0.4) is 0 Å². The minimum Gasteiger partial charge on any atom is -0.450 e. The highest BCUT2D eigenvalue weighted by molar-refractivity contribution is 5.94. The zero-order valence-electron chi connectivity index (χ0n) is 12.2. The lowest BCUT2D eigenvalue weighted by Crippen LogP contribution is -2.20. The number of amides is 1. The molecule has 0 unspecified atom stereocenters. The van der Waals surface area contributed by atoms with Crippen molar-refractivity contribution in [3.05, 3.63) is 57.8 Å². The first-order valence-corrected chi connectivity index (χ1v) is 6.55. The molecule has 0 fully saturated rings. The smallest absolute Gasteiger partial charge is 0.433 e. The number of nitrogens with zero attached hydrogens (tertiary/aromatic N) is 1. The molecule has 0 radical (unpaired) electrons. The number of hydrogen-bond donors (Lipinski definition) is 1. The lowest BCUT2D eigenvalue weighted by molar-refractivity contribution is -0.402. The number of carbonyl (C=O) groups is 2. The van der Waals surface area contributed by atoms with E-state index in [1.54, 1.807) is 0 Å². The number of halogens is 3. The summed E-state index contributed by atoms with van der Waals surface area (Å²) in [6, 6.07) is 5.59. The Kier molecular flexibility index (Phi) is 5.05. The maximum absolute atomic E-state index is 12.4. The first-order chi connectivity index (χ1) is 11.7. The largest absolute Gasteiger partial charge is 0.450 e. The summed E-state index contributed by atoms with van der Waals surface area (Å²) in [5.74, 6) is -3.04. The van der Waals surface area contributed by atoms with Crippen LogP contribution in [-0.4, -0.2) is 23.4 Å². The van der Waals surface area contributed by atoms with Gasteiger partial charge in [-0.2, -0.15) is 13.2 Å². The Morgan fingerprint density at radius 3 is 2.32 bits per heavy atom. The Hall–Kier alpha value is -3.37. The van der Waals surface area contributed by atoms with Gasteiger partial charge in [-0.3, -0.25) is 14.9 Å². The van der Waals surface area contributed by atoms with Crippen LogP contribution in [0, 0.1) is 10.1 Å². The number of alkyl halides is 3. The highest BCUT2D eigenvalue weighted by Gasteiger charge is 2.30. The number of furan rings is 1. The summed E-state index contributed by atoms with van der Waals surface area (Å²) in [6.45, 7) is -0.756. The average molecular weight is 358 g/mol. The average Bonchev–Trinajstić information content (AvgIpc) is 3.02. The van der Waals surface area contributed by atoms with Crippen LogP contribution in [-0.2, 0) is 15.7 Å². The maximum atomic E-state index is 12.4. The van der Waals surface area contributed by atoms with Gasteiger partial charge in [0, 0.05) is 5.69 Å². The summed E-state index contributed by atoms with van der Waals surface area (Å²) < 4.78 is 46.4. The van der Waals surface area contributed by atoms with Crippen LogP contribution in [0.4, 0.5) is 24.7 Å². The van der Waals surface area contributed by atoms with Gasteiger partial charge in [0.25, 0.3) is 5.91 Å². The van der Waals surface area contributed by atoms with E-state index in [1.807, 2.05) is 0 Å². The van der Waals surface area contributed by atoms with Gasteiger partial charge in [0.1, 0.15) is 4.92 Å². The molecule has 1 aromatic heterocycles. The van der Waals surface area contributed by atoms with Crippen molar-refractivity contribution in [2.75, 3.05) is 11.9 Å². The fourth-order valence-electron chi connectivity index (χ4n) is 1.68. The van der Waals surface area contributed by atoms with Crippen molar-refractivity contribution in [2.24, 2.45) is 0 Å². The molecule has 0 aliphatic carbocycles. The number of ether oxygens (including phenoxy) is 1. The zero-order chi connectivity index (χ0) is 18.6. The second-order valence-electron chi connectivity index (χ2n) is 4.59. The van der Waals surface area contributed by atoms with E-state index in [4.69, 9.17) is 0 Å². The molecule has 2 rings (SSSR count). The Morgan fingerprint density at radius 2 is 1.80 bits per heavy atom. The molecule has 2 aromatic rings. The number of carbonyl (C=O) groups excluding carboxylic acids is 2. The second-order valence-corrected chi connectivity index (χ2v) is 4.59. The summed E-state index contributed by atoms with van der Waals surface area (Å²) in [7, 11) is 0. The van der Waals surface area contributed by atoms with Gasteiger partial charge in [0.2, 0.25) is 5.76 Å². The maximum Gasteiger partial charge on any atom is 0.433 e. The van der Waals surface area contributed by atoms with Crippen molar-refractivity contribution < 1.29 is 36.8 Å². The summed E-state index contributed by atoms with van der Waals surface area (Å²) in [4.78, 5) is 32.7. The van der Waals surface area contributed by atoms with Gasteiger partial charge in [-0.15, -0.1) is 0 Å². The van der Waals surface area contributed by atoms with Crippen LogP contribution in [0.5, 0.6) is 0 Å². The Bertz CT molecular complexity index is 798. The van der Waals surface area contributed by atoms with Gasteiger partial charge in [-0.25, -0.2) is 4.79 Å². The van der Waals surface area contributed by atoms with Crippen LogP contribution >= 0.6 is 0 Å². The molecule has 0 saturated carbocycles. The predicted molar refractivity (Wildman–Crippen MR) is 75.7 cm³/mol. The number of nitrogens with one attached hydrogen (secondary N) is 1. The van der Waals surface area contributed by atoms with E-state index in [9.17, 15) is 32.9 Å². The summed E-state index contributed by atoms with van der Waals surface area (Å²) in [6.07, 6.45) is -4.50. The Morgan fingerprint density at radius 1 is 1.16 bits per heavy atom. The van der Waals surface area contributed by atoms with Crippen molar-refractivity contribution >= 4 is 23.4 Å². The standard InChI is InChI=1S/C14H9F3N2O6/c15-14(16,17)8-1-3-9(4-2-8)18-11(20)7-24-13(21)10-5-6-12(25-10)19(22)23/h1-6H,7H2,(H,18,20). The molecule has 25 heavy (non-hydrogen) atoms. The van der Waals surface area contributed by atoms with Gasteiger partial charge in [0.15, 0.2) is 6.61 Å². The highest BCUT2D eigenvalue weighted by Crippen LogP contribution is 2.29. The van der Waals surface area contributed by atoms with Crippen LogP contribution in [0.15, 0.2) is 40.8 Å². The van der Waals surface area contributed by atoms with Gasteiger partial charge < -0.3 is 14.5 Å². The molecule has 11 heteroatoms. The van der Waals surface area contributed by atoms with E-state index in [2.05, 4.69) is 14.5 Å². The third kappa shape index (κ3) is 4.80. The van der Waals surface area contributed by atoms with E-state index in [0.29, 0.717) is 0 Å². The van der Waals surface area contributed by atoms with E-state index in [-0.39, 0.29) is 5.69 Å². The fourth-order valence-corrected chi connectivity index (χ4v) is 1.68. The van der Waals surface area contributed by atoms with E-state index >= 15 is 0 Å². The van der Waals surface area contributed by atoms with Crippen LogP contribution in [0.25, 0.3) is 0 Å². The lowest BCUT2D eigenvalue weighted by Gasteiger charge is -2.08. The van der Waals surface area contributed by atoms with Crippen molar-refractivity contribution in [1.82, 2.24) is 0 Å². The van der Waals surface area contributed by atoms with Crippen LogP contribution < -0.4 is 5.32 Å². The molecule has 0 aliphatic heterocycles. The normalized spacial score (nSPS) is 11.0. The van der Waals surface area contributed by atoms with Gasteiger partial charge >= 0.3 is 18.0 Å². The molecular formula is C14H9F3N2O6. The lowest BCUT2D eigenvalue weighted by atomic mass is 10.2. The number of hydrogen-bond acceptors (Lipinski definition) is 6. The number of anilines is 1. The van der Waals surface area contributed by atoms with Gasteiger partial charge in [-0.05, 0) is 30.3 Å². The van der Waals surface area contributed by atoms with E-state index < -0.39 is 46.8 Å². The third-order valence-corrected chi connectivity index (χ3v) is 2.80. The van der Waals surface area contributed by atoms with Crippen molar-refractivity contribution in [3.63, 3.8) is 0 Å². The highest BCUT2D eigenvalue weighted by atomic mass is 19.4. The molecule has 1 N–H and O–H groups in total. The van der Waals surface area contributed by atoms with E-state index in [0.717, 1.165) is 36.4 Å². The molecule has 132 valence electrons. The first kappa shape index (κ1) is 18.0. The number of benzene rings is 1. The molecule has 0 saturated heterocycles. The van der Waals surface area contributed by atoms with E-state index in [1.165, 1.54) is 0 Å². The van der Waals surface area contributed by atoms with Crippen molar-refractivity contribution in [3.8, 4) is 0 Å². The van der Waals surface area contributed by atoms with Gasteiger partial charge in [0.05, 0.1) is 11.6 Å². The SMILES string of the molecule is O=C(COC(=O)c1ccc([N+](=O)[O-])o1)Nc1ccc(C(F)(F)F)cc1. The molecular weight excluding hydrogens is 349 g/mol. The van der Waals surface area contributed by atoms with Gasteiger partial charge in [-0.1, -0.05) is 0 Å². The monoisotopic (exact) mass is 358 g/mol. The molecule has 0 atom stereocenters. The molecule has 0 spiro atoms. The molecule has 1 amide bonds. The molecule has 0 aliphatic rings. The molecule has 1 aromatic carbocycles. The second kappa shape index (κ2) is 7.03. The molecule has 1 heterocycles. The summed E-state index contributed by atoms with van der Waals surface area (Å²) in [5.41, 5.74) is -0.806. The van der Waals surface area contributed by atoms with Crippen molar-refractivity contribution in [1.29, 1.82) is 0 Å². The number of esters is 1. The van der Waals surface area contributed by atoms with Crippen LogP contribution in [0.2, 0.25) is 0 Å². The Labute approximate surface area is 137 Å². The summed E-state index contributed by atoms with van der Waals surface area (Å²) in [5, 5.41) is 12.6. The first-order valence-electron chi connectivity index (χ1n) is 6.55. The zero-order valence-corrected chi connectivity index (χ0v) is 12.2. The number of rotatable bonds is 5. The predicted octanol–water partition coefficient (Wildman–Crippen LogP) is 3.00. The summed E-state index contributed by atoms with van der Waals surface area (Å²) >= 11 is 0. The molecule has 8 nitrogen and oxygen atoms in total. The quantitative estimate of drug-likeness (QED) is 0.500. The molecule has 0 bridgehead atoms.